The van der Waals surface area contributed by atoms with Crippen LogP contribution in [-0.4, -0.2) is 103 Å². The monoisotopic (exact) mass is 585 g/mol. The summed E-state index contributed by atoms with van der Waals surface area (Å²) in [7, 11) is 7.76. The summed E-state index contributed by atoms with van der Waals surface area (Å²) in [5, 5.41) is 33.9. The molecule has 226 valence electrons. The number of methoxy groups -OCH3 is 2. The fraction of sp³-hybridized carbons (Fsp3) is 0.517. The van der Waals surface area contributed by atoms with Crippen LogP contribution < -0.4 is 11.1 Å². The van der Waals surface area contributed by atoms with Gasteiger partial charge in [-0.05, 0) is 59.3 Å². The second-order valence-electron chi connectivity index (χ2n) is 11.6. The Morgan fingerprint density at radius 1 is 1.29 bits per heavy atom. The van der Waals surface area contributed by atoms with Gasteiger partial charge in [-0.3, -0.25) is 24.2 Å². The number of nitrogens with two attached hydrogens (primary N) is 1. The first-order valence-corrected chi connectivity index (χ1v) is 13.7. The van der Waals surface area contributed by atoms with E-state index < -0.39 is 75.7 Å². The van der Waals surface area contributed by atoms with Crippen molar-refractivity contribution in [2.75, 3.05) is 47.2 Å². The average Bonchev–Trinajstić information content (AvgIpc) is 3.36. The highest BCUT2D eigenvalue weighted by atomic mass is 19.1. The van der Waals surface area contributed by atoms with Crippen molar-refractivity contribution in [1.29, 1.82) is 5.41 Å². The number of phenolic OH excluding ortho intramolecular Hbond substituents is 1. The number of likely N-dealkylation sites (N-methyl/N-ethyl adjacent to an activating group) is 2. The van der Waals surface area contributed by atoms with Crippen LogP contribution in [-0.2, 0) is 25.5 Å². The molecule has 1 aromatic rings. The molecule has 0 aromatic heterocycles. The molecule has 1 saturated heterocycles. The molecule has 13 heteroatoms. The number of nitrogens with one attached hydrogen (secondary N) is 2. The van der Waals surface area contributed by atoms with Crippen LogP contribution in [0.2, 0.25) is 0 Å². The van der Waals surface area contributed by atoms with Crippen molar-refractivity contribution in [3.8, 4) is 5.75 Å². The number of primary amides is 1. The molecule has 1 aliphatic heterocycles. The molecule has 1 fully saturated rings. The number of Topliss-reactive ketones (excluding diaryl/α,β-unsaturated/α-hetero) is 1. The molecule has 6 N–H and O–H groups in total. The summed E-state index contributed by atoms with van der Waals surface area (Å²) in [6, 6.07) is -0.279. The fourth-order valence-corrected chi connectivity index (χ4v) is 7.44. The minimum absolute atomic E-state index is 0.000815. The summed E-state index contributed by atoms with van der Waals surface area (Å²) < 4.78 is 27.4. The normalized spacial score (nSPS) is 29.4. The van der Waals surface area contributed by atoms with E-state index in [0.29, 0.717) is 6.42 Å². The van der Waals surface area contributed by atoms with Crippen molar-refractivity contribution < 1.29 is 38.5 Å². The SMILES string of the molecule is COC1=C2C(=O)c3c(O)c(NC(=O)[C@@H]4CCCN4C)cc(F)c3C[C@H]2C[C@H]2[C@H](N(C)C)C(O)=C(C(N)=O)C(=N)[C@@]12OC. The predicted molar refractivity (Wildman–Crippen MR) is 150 cm³/mol. The van der Waals surface area contributed by atoms with Crippen LogP contribution in [0.25, 0.3) is 0 Å². The van der Waals surface area contributed by atoms with Gasteiger partial charge in [0.1, 0.15) is 22.9 Å². The Hall–Kier alpha value is -3.81. The first-order chi connectivity index (χ1) is 19.8. The number of amides is 2. The van der Waals surface area contributed by atoms with Crippen LogP contribution in [0.1, 0.15) is 35.2 Å². The highest BCUT2D eigenvalue weighted by Gasteiger charge is 2.63. The number of rotatable bonds is 6. The number of fused-ring (bicyclic) bond motifs is 3. The molecule has 42 heavy (non-hydrogen) atoms. The fourth-order valence-electron chi connectivity index (χ4n) is 7.44. The molecule has 0 bridgehead atoms. The van der Waals surface area contributed by atoms with E-state index in [4.69, 9.17) is 20.6 Å². The van der Waals surface area contributed by atoms with Crippen molar-refractivity contribution in [3.63, 3.8) is 0 Å². The van der Waals surface area contributed by atoms with Gasteiger partial charge in [0.05, 0.1) is 36.2 Å². The van der Waals surface area contributed by atoms with Crippen molar-refractivity contribution >= 4 is 29.0 Å². The summed E-state index contributed by atoms with van der Waals surface area (Å²) >= 11 is 0. The number of hydrogen-bond donors (Lipinski definition) is 5. The number of allylic oxidation sites excluding steroid dienone is 1. The lowest BCUT2D eigenvalue weighted by molar-refractivity contribution is -0.120. The molecular weight excluding hydrogens is 549 g/mol. The minimum Gasteiger partial charge on any atom is -0.510 e. The smallest absolute Gasteiger partial charge is 0.254 e. The predicted octanol–water partition coefficient (Wildman–Crippen LogP) is 1.49. The third-order valence-electron chi connectivity index (χ3n) is 9.27. The maximum Gasteiger partial charge on any atom is 0.254 e. The van der Waals surface area contributed by atoms with E-state index in [0.717, 1.165) is 19.0 Å². The number of benzene rings is 1. The Labute approximate surface area is 242 Å². The standard InChI is InChI=1S/C29H36FN5O7/c1-34(2)21-14-10-12-9-13-15(30)11-16(33-28(40)17-7-6-8-35(17)3)22(36)19(13)23(37)18(12)26(41-4)29(14,42-5)25(31)20(24(21)38)27(32)39/h11-12,14,17,21,31,36,38H,6-10H2,1-5H3,(H2,32,39)(H,33,40)/t12-,14-,17-,21-,29+/m0/s1. The van der Waals surface area contributed by atoms with Gasteiger partial charge in [0.15, 0.2) is 17.1 Å². The number of aromatic hydroxyl groups is 1. The molecule has 0 spiro atoms. The number of aliphatic hydroxyl groups is 1. The molecule has 4 aliphatic rings. The second-order valence-corrected chi connectivity index (χ2v) is 11.6. The van der Waals surface area contributed by atoms with Gasteiger partial charge in [-0.2, -0.15) is 0 Å². The van der Waals surface area contributed by atoms with Crippen LogP contribution in [0, 0.1) is 23.1 Å². The number of phenols is 1. The Bertz CT molecular complexity index is 1470. The van der Waals surface area contributed by atoms with E-state index >= 15 is 4.39 Å². The lowest BCUT2D eigenvalue weighted by atomic mass is 9.58. The zero-order valence-electron chi connectivity index (χ0n) is 24.2. The van der Waals surface area contributed by atoms with Crippen molar-refractivity contribution in [1.82, 2.24) is 9.80 Å². The van der Waals surface area contributed by atoms with Crippen LogP contribution in [0.15, 0.2) is 28.7 Å². The first kappa shape index (κ1) is 29.7. The topological polar surface area (TPSA) is 179 Å². The molecule has 5 rings (SSSR count). The largest absolute Gasteiger partial charge is 0.510 e. The van der Waals surface area contributed by atoms with Crippen molar-refractivity contribution in [2.24, 2.45) is 17.6 Å². The Kier molecular flexibility index (Phi) is 7.40. The number of halogens is 1. The summed E-state index contributed by atoms with van der Waals surface area (Å²) in [6.45, 7) is 0.729. The third kappa shape index (κ3) is 4.05. The van der Waals surface area contributed by atoms with E-state index in [1.807, 2.05) is 4.90 Å². The molecule has 1 aromatic carbocycles. The number of ether oxygens (including phenoxy) is 2. The second kappa shape index (κ2) is 10.5. The molecule has 5 atom stereocenters. The number of likely N-dealkylation sites (tertiary alicyclic amines) is 1. The average molecular weight is 586 g/mol. The van der Waals surface area contributed by atoms with Crippen LogP contribution in [0.5, 0.6) is 5.75 Å². The zero-order chi connectivity index (χ0) is 30.8. The van der Waals surface area contributed by atoms with Crippen LogP contribution >= 0.6 is 0 Å². The molecule has 12 nitrogen and oxygen atoms in total. The van der Waals surface area contributed by atoms with Gasteiger partial charge in [-0.15, -0.1) is 0 Å². The maximum atomic E-state index is 15.6. The van der Waals surface area contributed by atoms with Gasteiger partial charge in [0.2, 0.25) is 5.91 Å². The van der Waals surface area contributed by atoms with Crippen molar-refractivity contribution in [2.45, 2.75) is 43.4 Å². The highest BCUT2D eigenvalue weighted by Crippen LogP contribution is 2.55. The maximum absolute atomic E-state index is 15.6. The first-order valence-electron chi connectivity index (χ1n) is 13.7. The zero-order valence-corrected chi connectivity index (χ0v) is 24.2. The summed E-state index contributed by atoms with van der Waals surface area (Å²) in [5.74, 6) is -5.37. The van der Waals surface area contributed by atoms with Gasteiger partial charge in [-0.1, -0.05) is 0 Å². The number of nitrogens with zero attached hydrogens (tertiary/aromatic N) is 2. The number of carbonyl (C=O) groups is 3. The van der Waals surface area contributed by atoms with E-state index in [-0.39, 0.29) is 41.0 Å². The molecule has 0 radical (unpaired) electrons. The van der Waals surface area contributed by atoms with E-state index in [1.54, 1.807) is 26.0 Å². The summed E-state index contributed by atoms with van der Waals surface area (Å²) in [5.41, 5.74) is 2.41. The van der Waals surface area contributed by atoms with E-state index in [1.165, 1.54) is 14.2 Å². The lowest BCUT2D eigenvalue weighted by Gasteiger charge is -2.53. The van der Waals surface area contributed by atoms with Gasteiger partial charge in [0, 0.05) is 30.2 Å². The number of ketones is 1. The lowest BCUT2D eigenvalue weighted by Crippen LogP contribution is -2.64. The Morgan fingerprint density at radius 3 is 2.52 bits per heavy atom. The number of aliphatic hydroxyl groups excluding tert-OH is 1. The molecule has 1 heterocycles. The summed E-state index contributed by atoms with van der Waals surface area (Å²) in [6.07, 6.45) is 1.58. The number of anilines is 1. The molecule has 2 amide bonds. The minimum atomic E-state index is -1.80. The van der Waals surface area contributed by atoms with Crippen LogP contribution in [0.4, 0.5) is 10.1 Å². The van der Waals surface area contributed by atoms with E-state index in [9.17, 15) is 24.6 Å². The van der Waals surface area contributed by atoms with E-state index in [2.05, 4.69) is 5.32 Å². The third-order valence-corrected chi connectivity index (χ3v) is 9.27. The van der Waals surface area contributed by atoms with Gasteiger partial charge >= 0.3 is 0 Å². The Balaban J connectivity index is 1.67. The van der Waals surface area contributed by atoms with Gasteiger partial charge < -0.3 is 36.1 Å². The molecule has 3 aliphatic carbocycles. The van der Waals surface area contributed by atoms with Gasteiger partial charge in [0.25, 0.3) is 5.91 Å². The summed E-state index contributed by atoms with van der Waals surface area (Å²) in [4.78, 5) is 43.1. The van der Waals surface area contributed by atoms with Gasteiger partial charge in [-0.25, -0.2) is 4.39 Å². The quantitative estimate of drug-likeness (QED) is 0.309. The number of carbonyl (C=O) groups excluding carboxylic acids is 3. The molecular formula is C29H36FN5O7. The van der Waals surface area contributed by atoms with Crippen molar-refractivity contribution in [3.05, 3.63) is 45.7 Å². The molecule has 0 unspecified atom stereocenters. The highest BCUT2D eigenvalue weighted by molar-refractivity contribution is 6.26. The number of hydrogen-bond acceptors (Lipinski definition) is 10. The Morgan fingerprint density at radius 2 is 1.98 bits per heavy atom. The van der Waals surface area contributed by atoms with Crippen LogP contribution in [0.3, 0.4) is 0 Å². The molecule has 0 saturated carbocycles.